The molecule has 0 bridgehead atoms. The lowest BCUT2D eigenvalue weighted by atomic mass is 10.1. The summed E-state index contributed by atoms with van der Waals surface area (Å²) in [6.45, 7) is 3.40. The fourth-order valence-electron chi connectivity index (χ4n) is 3.40. The molecule has 0 radical (unpaired) electrons. The number of hydrogen-bond donors (Lipinski definition) is 2. The summed E-state index contributed by atoms with van der Waals surface area (Å²) >= 11 is 0.747. The molecule has 1 fully saturated rings. The van der Waals surface area contributed by atoms with E-state index in [9.17, 15) is 18.0 Å². The Kier molecular flexibility index (Phi) is 6.70. The highest BCUT2D eigenvalue weighted by molar-refractivity contribution is 7.94. The largest absolute Gasteiger partial charge is 0.339 e. The number of carbonyl (C=O) groups excluding carboxylic acids is 2. The maximum atomic E-state index is 12.7. The molecule has 2 aromatic carbocycles. The van der Waals surface area contributed by atoms with Crippen molar-refractivity contribution in [1.82, 2.24) is 15.1 Å². The van der Waals surface area contributed by atoms with Crippen LogP contribution in [0, 0.1) is 6.92 Å². The van der Waals surface area contributed by atoms with Gasteiger partial charge in [0.1, 0.15) is 0 Å². The Morgan fingerprint density at radius 2 is 1.55 bits per heavy atom. The van der Waals surface area contributed by atoms with Crippen molar-refractivity contribution in [2.45, 2.75) is 30.5 Å². The van der Waals surface area contributed by atoms with Crippen LogP contribution in [0.1, 0.15) is 45.5 Å². The Hall–Kier alpha value is -3.31. The van der Waals surface area contributed by atoms with Gasteiger partial charge in [0.25, 0.3) is 26.2 Å². The van der Waals surface area contributed by atoms with Gasteiger partial charge in [-0.15, -0.1) is 10.2 Å². The predicted molar refractivity (Wildman–Crippen MR) is 126 cm³/mol. The molecule has 2 N–H and O–H groups in total. The normalized spacial score (nSPS) is 14.0. The summed E-state index contributed by atoms with van der Waals surface area (Å²) in [6.07, 6.45) is 3.13. The van der Waals surface area contributed by atoms with Crippen LogP contribution in [0.4, 0.5) is 10.8 Å². The zero-order chi connectivity index (χ0) is 23.4. The van der Waals surface area contributed by atoms with E-state index < -0.39 is 15.9 Å². The molecule has 1 aliphatic heterocycles. The Labute approximate surface area is 195 Å². The quantitative estimate of drug-likeness (QED) is 0.515. The van der Waals surface area contributed by atoms with Gasteiger partial charge < -0.3 is 4.90 Å². The van der Waals surface area contributed by atoms with Crippen molar-refractivity contribution in [2.24, 2.45) is 0 Å². The molecule has 172 valence electrons. The molecule has 0 saturated carbocycles. The molecule has 11 heteroatoms. The molecule has 3 aromatic rings. The lowest BCUT2D eigenvalue weighted by Gasteiger charge is -2.26. The highest BCUT2D eigenvalue weighted by atomic mass is 32.2. The number of benzene rings is 2. The summed E-state index contributed by atoms with van der Waals surface area (Å²) < 4.78 is 27.5. The SMILES string of the molecule is Cc1ccc(C(=O)Nc2nnc(S(=O)(=O)Nc3ccc(C(=O)N4CCCCC4)cc3)s2)cc1. The Balaban J connectivity index is 1.40. The average Bonchev–Trinajstić information content (AvgIpc) is 3.29. The van der Waals surface area contributed by atoms with Crippen LogP contribution in [0.3, 0.4) is 0 Å². The van der Waals surface area contributed by atoms with Crippen LogP contribution in [0.5, 0.6) is 0 Å². The van der Waals surface area contributed by atoms with Gasteiger partial charge in [0.2, 0.25) is 5.13 Å². The lowest BCUT2D eigenvalue weighted by Crippen LogP contribution is -2.35. The number of aromatic nitrogens is 2. The van der Waals surface area contributed by atoms with Crippen LogP contribution >= 0.6 is 11.3 Å². The van der Waals surface area contributed by atoms with Crippen molar-refractivity contribution < 1.29 is 18.0 Å². The number of hydrogen-bond acceptors (Lipinski definition) is 7. The molecular formula is C22H23N5O4S2. The second kappa shape index (κ2) is 9.67. The molecule has 1 aromatic heterocycles. The fraction of sp³-hybridized carbons (Fsp3) is 0.273. The van der Waals surface area contributed by atoms with E-state index in [4.69, 9.17) is 0 Å². The van der Waals surface area contributed by atoms with E-state index in [2.05, 4.69) is 20.2 Å². The van der Waals surface area contributed by atoms with Crippen molar-refractivity contribution in [1.29, 1.82) is 0 Å². The van der Waals surface area contributed by atoms with Gasteiger partial charge in [-0.1, -0.05) is 29.0 Å². The highest BCUT2D eigenvalue weighted by Gasteiger charge is 2.22. The number of nitrogens with zero attached hydrogens (tertiary/aromatic N) is 3. The summed E-state index contributed by atoms with van der Waals surface area (Å²) in [6, 6.07) is 13.2. The van der Waals surface area contributed by atoms with Gasteiger partial charge in [0.15, 0.2) is 0 Å². The number of carbonyl (C=O) groups is 2. The first-order valence-corrected chi connectivity index (χ1v) is 12.8. The monoisotopic (exact) mass is 485 g/mol. The van der Waals surface area contributed by atoms with Crippen LogP contribution < -0.4 is 10.0 Å². The van der Waals surface area contributed by atoms with Crippen molar-refractivity contribution in [3.8, 4) is 0 Å². The Bertz CT molecular complexity index is 1250. The van der Waals surface area contributed by atoms with E-state index >= 15 is 0 Å². The van der Waals surface area contributed by atoms with Gasteiger partial charge >= 0.3 is 0 Å². The number of aryl methyl sites for hydroxylation is 1. The number of amides is 2. The van der Waals surface area contributed by atoms with Crippen molar-refractivity contribution in [3.63, 3.8) is 0 Å². The predicted octanol–water partition coefficient (Wildman–Crippen LogP) is 3.53. The van der Waals surface area contributed by atoms with Gasteiger partial charge in [-0.3, -0.25) is 19.6 Å². The van der Waals surface area contributed by atoms with E-state index in [1.807, 2.05) is 11.8 Å². The summed E-state index contributed by atoms with van der Waals surface area (Å²) in [5.74, 6) is -0.459. The van der Waals surface area contributed by atoms with E-state index in [0.29, 0.717) is 16.8 Å². The van der Waals surface area contributed by atoms with Crippen LogP contribution in [0.2, 0.25) is 0 Å². The van der Waals surface area contributed by atoms with Gasteiger partial charge in [0, 0.05) is 29.9 Å². The van der Waals surface area contributed by atoms with Crippen molar-refractivity contribution >= 4 is 44.0 Å². The van der Waals surface area contributed by atoms with Crippen LogP contribution in [0.15, 0.2) is 52.9 Å². The molecule has 0 aliphatic carbocycles. The zero-order valence-electron chi connectivity index (χ0n) is 17.9. The molecule has 4 rings (SSSR count). The highest BCUT2D eigenvalue weighted by Crippen LogP contribution is 2.24. The lowest BCUT2D eigenvalue weighted by molar-refractivity contribution is 0.0724. The summed E-state index contributed by atoms with van der Waals surface area (Å²) in [4.78, 5) is 26.7. The average molecular weight is 486 g/mol. The second-order valence-electron chi connectivity index (χ2n) is 7.73. The molecule has 33 heavy (non-hydrogen) atoms. The maximum absolute atomic E-state index is 12.7. The minimum absolute atomic E-state index is 0.0535. The first-order valence-electron chi connectivity index (χ1n) is 10.5. The van der Waals surface area contributed by atoms with Crippen LogP contribution in [-0.2, 0) is 10.0 Å². The van der Waals surface area contributed by atoms with Gasteiger partial charge in [0.05, 0.1) is 0 Å². The Morgan fingerprint density at radius 1 is 0.909 bits per heavy atom. The number of rotatable bonds is 6. The Morgan fingerprint density at radius 3 is 2.21 bits per heavy atom. The summed E-state index contributed by atoms with van der Waals surface area (Å²) in [5.41, 5.74) is 2.26. The maximum Gasteiger partial charge on any atom is 0.291 e. The molecular weight excluding hydrogens is 462 g/mol. The molecule has 0 spiro atoms. The standard InChI is InChI=1S/C22H23N5O4S2/c1-15-5-7-16(8-6-15)19(28)23-21-24-25-22(32-21)33(30,31)26-18-11-9-17(10-12-18)20(29)27-13-3-2-4-14-27/h5-12,26H,2-4,13-14H2,1H3,(H,23,24,28). The van der Waals surface area contributed by atoms with Gasteiger partial charge in [-0.25, -0.2) is 0 Å². The fourth-order valence-corrected chi connectivity index (χ4v) is 5.36. The topological polar surface area (TPSA) is 121 Å². The molecule has 2 amide bonds. The molecule has 1 saturated heterocycles. The van der Waals surface area contributed by atoms with Crippen LogP contribution in [0.25, 0.3) is 0 Å². The van der Waals surface area contributed by atoms with Crippen molar-refractivity contribution in [3.05, 3.63) is 65.2 Å². The van der Waals surface area contributed by atoms with E-state index in [-0.39, 0.29) is 15.4 Å². The van der Waals surface area contributed by atoms with Crippen LogP contribution in [-0.4, -0.2) is 48.4 Å². The smallest absolute Gasteiger partial charge is 0.291 e. The summed E-state index contributed by atoms with van der Waals surface area (Å²) in [7, 11) is -4.00. The molecule has 9 nitrogen and oxygen atoms in total. The second-order valence-corrected chi connectivity index (χ2v) is 10.6. The number of sulfonamides is 1. The number of likely N-dealkylation sites (tertiary alicyclic amines) is 1. The number of anilines is 2. The van der Waals surface area contributed by atoms with Gasteiger partial charge in [-0.05, 0) is 62.6 Å². The number of piperidine rings is 1. The molecule has 0 atom stereocenters. The minimum atomic E-state index is -4.00. The summed E-state index contributed by atoms with van der Waals surface area (Å²) in [5, 5.41) is 10.1. The third-order valence-electron chi connectivity index (χ3n) is 5.20. The third kappa shape index (κ3) is 5.55. The first kappa shape index (κ1) is 22.9. The number of nitrogens with one attached hydrogen (secondary N) is 2. The van der Waals surface area contributed by atoms with E-state index in [0.717, 1.165) is 49.3 Å². The van der Waals surface area contributed by atoms with Gasteiger partial charge in [-0.2, -0.15) is 8.42 Å². The van der Waals surface area contributed by atoms with E-state index in [1.165, 1.54) is 12.1 Å². The first-order chi connectivity index (χ1) is 15.8. The van der Waals surface area contributed by atoms with E-state index in [1.54, 1.807) is 36.4 Å². The third-order valence-corrected chi connectivity index (χ3v) is 7.79. The minimum Gasteiger partial charge on any atom is -0.339 e. The zero-order valence-corrected chi connectivity index (χ0v) is 19.6. The molecule has 2 heterocycles. The molecule has 0 unspecified atom stereocenters. The van der Waals surface area contributed by atoms with Crippen molar-refractivity contribution in [2.75, 3.05) is 23.1 Å². The molecule has 1 aliphatic rings.